The molecule has 274 valence electrons. The summed E-state index contributed by atoms with van der Waals surface area (Å²) in [5, 5.41) is 9.41. The molecular formula is C57H34O2. The van der Waals surface area contributed by atoms with Crippen molar-refractivity contribution in [1.29, 1.82) is 0 Å². The minimum atomic E-state index is -0.565. The average Bonchev–Trinajstić information content (AvgIpc) is 3.96. The van der Waals surface area contributed by atoms with Crippen LogP contribution in [-0.2, 0) is 5.41 Å². The molecule has 0 amide bonds. The zero-order chi connectivity index (χ0) is 38.7. The monoisotopic (exact) mass is 750 g/mol. The minimum Gasteiger partial charge on any atom is -0.456 e. The van der Waals surface area contributed by atoms with Crippen molar-refractivity contribution in [2.24, 2.45) is 0 Å². The van der Waals surface area contributed by atoms with Gasteiger partial charge in [0.15, 0.2) is 0 Å². The summed E-state index contributed by atoms with van der Waals surface area (Å²) in [5.74, 6) is 0. The van der Waals surface area contributed by atoms with Crippen LogP contribution in [0.4, 0.5) is 0 Å². The maximum atomic E-state index is 6.58. The first kappa shape index (κ1) is 32.4. The molecular weight excluding hydrogens is 717 g/mol. The van der Waals surface area contributed by atoms with Crippen LogP contribution >= 0.6 is 0 Å². The Morgan fingerprint density at radius 2 is 0.932 bits per heavy atom. The largest absolute Gasteiger partial charge is 0.456 e. The normalized spacial score (nSPS) is 13.2. The highest BCUT2D eigenvalue weighted by atomic mass is 16.3. The molecule has 59 heavy (non-hydrogen) atoms. The molecule has 0 unspecified atom stereocenters. The van der Waals surface area contributed by atoms with E-state index in [1.165, 1.54) is 77.2 Å². The van der Waals surface area contributed by atoms with E-state index >= 15 is 0 Å². The predicted molar refractivity (Wildman–Crippen MR) is 244 cm³/mol. The number of hydrogen-bond donors (Lipinski definition) is 0. The number of rotatable bonds is 4. The van der Waals surface area contributed by atoms with Gasteiger partial charge in [-0.3, -0.25) is 0 Å². The quantitative estimate of drug-likeness (QED) is 0.179. The molecule has 1 aliphatic carbocycles. The van der Waals surface area contributed by atoms with Crippen molar-refractivity contribution < 1.29 is 8.83 Å². The van der Waals surface area contributed by atoms with Crippen molar-refractivity contribution in [1.82, 2.24) is 0 Å². The Hall–Kier alpha value is -7.68. The molecule has 0 radical (unpaired) electrons. The summed E-state index contributed by atoms with van der Waals surface area (Å²) in [7, 11) is 0. The summed E-state index contributed by atoms with van der Waals surface area (Å²) < 4.78 is 12.8. The Bertz CT molecular complexity index is 3620. The van der Waals surface area contributed by atoms with E-state index in [9.17, 15) is 0 Å². The minimum absolute atomic E-state index is 0.565. The Kier molecular flexibility index (Phi) is 6.68. The van der Waals surface area contributed by atoms with Crippen molar-refractivity contribution in [3.05, 3.63) is 229 Å². The van der Waals surface area contributed by atoms with Gasteiger partial charge < -0.3 is 8.83 Å². The van der Waals surface area contributed by atoms with Gasteiger partial charge in [0, 0.05) is 21.5 Å². The summed E-state index contributed by atoms with van der Waals surface area (Å²) in [5.41, 5.74) is 15.4. The van der Waals surface area contributed by atoms with Crippen molar-refractivity contribution in [2.45, 2.75) is 5.41 Å². The van der Waals surface area contributed by atoms with Gasteiger partial charge in [-0.2, -0.15) is 0 Å². The highest BCUT2D eigenvalue weighted by Gasteiger charge is 2.47. The molecule has 2 heterocycles. The zero-order valence-electron chi connectivity index (χ0n) is 31.9. The Labute approximate surface area is 340 Å². The molecule has 12 aromatic rings. The zero-order valence-corrected chi connectivity index (χ0v) is 31.9. The summed E-state index contributed by atoms with van der Waals surface area (Å²) in [4.78, 5) is 0. The van der Waals surface area contributed by atoms with E-state index in [1.54, 1.807) is 0 Å². The fraction of sp³-hybridized carbons (Fsp3) is 0.0175. The molecule has 0 saturated carbocycles. The fourth-order valence-electron chi connectivity index (χ4n) is 10.4. The molecule has 2 heteroatoms. The third-order valence-electron chi connectivity index (χ3n) is 12.9. The van der Waals surface area contributed by atoms with Crippen LogP contribution in [0.15, 0.2) is 215 Å². The van der Waals surface area contributed by atoms with E-state index in [0.29, 0.717) is 0 Å². The molecule has 0 bridgehead atoms. The highest BCUT2D eigenvalue weighted by molar-refractivity contribution is 6.16. The average molecular weight is 751 g/mol. The second-order valence-corrected chi connectivity index (χ2v) is 15.9. The standard InChI is InChI=1S/C57H34O2/c1-3-15-39(16-4-1)57(40-17-5-2-6-18-40)49-29-28-43-41(37-26-30-52-47(32-37)44-19-9-10-23-51(44)58-52)20-11-22-45(43)55(49)46-27-25-38(33-50(46)57)42-21-12-24-53-56(42)48-31-35-13-7-8-14-36(35)34-54(48)59-53/h1-34H. The third-order valence-corrected chi connectivity index (χ3v) is 12.9. The lowest BCUT2D eigenvalue weighted by molar-refractivity contribution is 0.669. The van der Waals surface area contributed by atoms with E-state index < -0.39 is 5.41 Å². The smallest absolute Gasteiger partial charge is 0.136 e. The molecule has 10 aromatic carbocycles. The predicted octanol–water partition coefficient (Wildman–Crippen LogP) is 15.5. The highest BCUT2D eigenvalue weighted by Crippen LogP contribution is 2.59. The van der Waals surface area contributed by atoms with Gasteiger partial charge in [0.2, 0.25) is 0 Å². The molecule has 0 aliphatic heterocycles. The van der Waals surface area contributed by atoms with E-state index in [4.69, 9.17) is 8.83 Å². The van der Waals surface area contributed by atoms with Crippen LogP contribution in [0.25, 0.3) is 98.8 Å². The first-order chi connectivity index (χ1) is 29.2. The van der Waals surface area contributed by atoms with Crippen LogP contribution in [0.2, 0.25) is 0 Å². The van der Waals surface area contributed by atoms with E-state index in [2.05, 4.69) is 194 Å². The van der Waals surface area contributed by atoms with Gasteiger partial charge in [0.05, 0.1) is 5.41 Å². The maximum Gasteiger partial charge on any atom is 0.136 e. The molecule has 0 N–H and O–H groups in total. The van der Waals surface area contributed by atoms with Crippen LogP contribution in [0.1, 0.15) is 22.3 Å². The SMILES string of the molecule is c1ccc(C2(c3ccccc3)c3cc(-c4cccc5oc6cc7ccccc7cc6c45)ccc3-c3c2ccc2c(-c4ccc5oc6ccccc6c5c4)cccc32)cc1. The molecule has 2 nitrogen and oxygen atoms in total. The van der Waals surface area contributed by atoms with Crippen LogP contribution in [0.5, 0.6) is 0 Å². The molecule has 0 saturated heterocycles. The second kappa shape index (κ2) is 12.2. The number of hydrogen-bond acceptors (Lipinski definition) is 2. The van der Waals surface area contributed by atoms with Gasteiger partial charge in [0.25, 0.3) is 0 Å². The fourth-order valence-corrected chi connectivity index (χ4v) is 10.4. The Morgan fingerprint density at radius 3 is 1.76 bits per heavy atom. The van der Waals surface area contributed by atoms with Crippen molar-refractivity contribution >= 4 is 65.4 Å². The van der Waals surface area contributed by atoms with Crippen LogP contribution in [0, 0.1) is 0 Å². The Morgan fingerprint density at radius 1 is 0.305 bits per heavy atom. The second-order valence-electron chi connectivity index (χ2n) is 15.9. The molecule has 1 aliphatic rings. The van der Waals surface area contributed by atoms with Gasteiger partial charge in [-0.25, -0.2) is 0 Å². The molecule has 13 rings (SSSR count). The van der Waals surface area contributed by atoms with E-state index in [0.717, 1.165) is 43.9 Å². The lowest BCUT2D eigenvalue weighted by Crippen LogP contribution is -2.28. The van der Waals surface area contributed by atoms with Crippen molar-refractivity contribution in [3.63, 3.8) is 0 Å². The van der Waals surface area contributed by atoms with E-state index in [1.807, 2.05) is 12.1 Å². The summed E-state index contributed by atoms with van der Waals surface area (Å²) in [6.07, 6.45) is 0. The molecule has 0 spiro atoms. The van der Waals surface area contributed by atoms with Gasteiger partial charge in [0.1, 0.15) is 22.3 Å². The van der Waals surface area contributed by atoms with Crippen LogP contribution < -0.4 is 0 Å². The van der Waals surface area contributed by atoms with Gasteiger partial charge in [-0.15, -0.1) is 0 Å². The van der Waals surface area contributed by atoms with Gasteiger partial charge >= 0.3 is 0 Å². The summed E-state index contributed by atoms with van der Waals surface area (Å²) >= 11 is 0. The number of para-hydroxylation sites is 1. The van der Waals surface area contributed by atoms with Crippen molar-refractivity contribution in [2.75, 3.05) is 0 Å². The van der Waals surface area contributed by atoms with Crippen molar-refractivity contribution in [3.8, 4) is 33.4 Å². The number of benzene rings is 10. The van der Waals surface area contributed by atoms with Crippen LogP contribution in [-0.4, -0.2) is 0 Å². The molecule has 0 fully saturated rings. The summed E-state index contributed by atoms with van der Waals surface area (Å²) in [6, 6.07) is 75.3. The number of fused-ring (bicyclic) bond motifs is 12. The number of furan rings is 2. The van der Waals surface area contributed by atoms with Gasteiger partial charge in [-0.1, -0.05) is 164 Å². The maximum absolute atomic E-state index is 6.58. The lowest BCUT2D eigenvalue weighted by atomic mass is 9.67. The summed E-state index contributed by atoms with van der Waals surface area (Å²) in [6.45, 7) is 0. The molecule has 2 aromatic heterocycles. The topological polar surface area (TPSA) is 26.3 Å². The van der Waals surface area contributed by atoms with E-state index in [-0.39, 0.29) is 0 Å². The lowest BCUT2D eigenvalue weighted by Gasteiger charge is -2.34. The first-order valence-electron chi connectivity index (χ1n) is 20.3. The molecule has 0 atom stereocenters. The first-order valence-corrected chi connectivity index (χ1v) is 20.3. The third kappa shape index (κ3) is 4.51. The van der Waals surface area contributed by atoms with Crippen LogP contribution in [0.3, 0.4) is 0 Å². The Balaban J connectivity index is 1.10. The van der Waals surface area contributed by atoms with Gasteiger partial charge in [-0.05, 0) is 120 Å².